The molecule has 0 radical (unpaired) electrons. The lowest BCUT2D eigenvalue weighted by Gasteiger charge is -2.28. The average molecular weight is 330 g/mol. The number of nitrogens with one attached hydrogen (secondary N) is 1. The molecule has 0 saturated carbocycles. The fraction of sp³-hybridized carbons (Fsp3) is 0.389. The third kappa shape index (κ3) is 4.68. The molecule has 1 aromatic carbocycles. The maximum Gasteiger partial charge on any atom is 0.331 e. The normalized spacial score (nSPS) is 15.6. The van der Waals surface area contributed by atoms with Crippen LogP contribution < -0.4 is 10.2 Å². The molecule has 1 aromatic rings. The Morgan fingerprint density at radius 3 is 2.62 bits per heavy atom. The summed E-state index contributed by atoms with van der Waals surface area (Å²) in [7, 11) is 0. The van der Waals surface area contributed by atoms with E-state index in [1.165, 1.54) is 11.0 Å². The first-order valence-electron chi connectivity index (χ1n) is 7.79. The number of carbonyl (C=O) groups excluding carboxylic acids is 3. The molecule has 6 nitrogen and oxygen atoms in total. The maximum atomic E-state index is 12.0. The van der Waals surface area contributed by atoms with E-state index in [1.807, 2.05) is 25.1 Å². The molecule has 0 bridgehead atoms. The minimum absolute atomic E-state index is 0.267. The summed E-state index contributed by atoms with van der Waals surface area (Å²) in [6.45, 7) is 7.64. The van der Waals surface area contributed by atoms with Gasteiger partial charge in [-0.3, -0.25) is 15.0 Å². The van der Waals surface area contributed by atoms with Crippen molar-refractivity contribution in [3.05, 3.63) is 35.4 Å². The van der Waals surface area contributed by atoms with Crippen LogP contribution in [0.4, 0.5) is 10.5 Å². The number of nitrogens with zero attached hydrogens (tertiary/aromatic N) is 1. The number of urea groups is 1. The first kappa shape index (κ1) is 17.7. The Morgan fingerprint density at radius 2 is 2.00 bits per heavy atom. The molecule has 0 spiro atoms. The summed E-state index contributed by atoms with van der Waals surface area (Å²) < 4.78 is 5.22. The van der Waals surface area contributed by atoms with Gasteiger partial charge in [0.15, 0.2) is 0 Å². The zero-order valence-corrected chi connectivity index (χ0v) is 14.4. The molecule has 128 valence electrons. The van der Waals surface area contributed by atoms with E-state index in [9.17, 15) is 14.4 Å². The summed E-state index contributed by atoms with van der Waals surface area (Å²) in [5.74, 6) is -0.694. The van der Waals surface area contributed by atoms with Crippen LogP contribution in [0.2, 0.25) is 0 Å². The van der Waals surface area contributed by atoms with Crippen molar-refractivity contribution in [3.63, 3.8) is 0 Å². The molecule has 1 fully saturated rings. The second-order valence-electron chi connectivity index (χ2n) is 6.67. The SMILES string of the molecule is Cc1ccc(/C=C/C(=O)OC(C)(C)C)cc1N1CCC(=O)NC1=O. The molecule has 1 aliphatic rings. The number of esters is 1. The molecule has 0 atom stereocenters. The van der Waals surface area contributed by atoms with Gasteiger partial charge in [-0.25, -0.2) is 9.59 Å². The third-order valence-corrected chi connectivity index (χ3v) is 3.40. The Hall–Kier alpha value is -2.63. The van der Waals surface area contributed by atoms with Crippen LogP contribution in [0, 0.1) is 6.92 Å². The van der Waals surface area contributed by atoms with Crippen LogP contribution in [0.5, 0.6) is 0 Å². The van der Waals surface area contributed by atoms with Gasteiger partial charge in [0.1, 0.15) is 5.60 Å². The molecule has 1 N–H and O–H groups in total. The fourth-order valence-electron chi connectivity index (χ4n) is 2.31. The highest BCUT2D eigenvalue weighted by Gasteiger charge is 2.25. The van der Waals surface area contributed by atoms with E-state index in [0.717, 1.165) is 11.1 Å². The van der Waals surface area contributed by atoms with E-state index >= 15 is 0 Å². The number of rotatable bonds is 3. The van der Waals surface area contributed by atoms with Crippen LogP contribution in [-0.4, -0.2) is 30.1 Å². The molecule has 0 unspecified atom stereocenters. The van der Waals surface area contributed by atoms with E-state index in [1.54, 1.807) is 26.8 Å². The number of aryl methyl sites for hydroxylation is 1. The lowest BCUT2D eigenvalue weighted by atomic mass is 10.1. The molecule has 1 saturated heterocycles. The van der Waals surface area contributed by atoms with E-state index in [0.29, 0.717) is 12.2 Å². The molecular formula is C18H22N2O4. The minimum atomic E-state index is -0.543. The Labute approximate surface area is 141 Å². The summed E-state index contributed by atoms with van der Waals surface area (Å²) in [6, 6.07) is 5.11. The van der Waals surface area contributed by atoms with Crippen molar-refractivity contribution in [1.82, 2.24) is 5.32 Å². The molecule has 3 amide bonds. The largest absolute Gasteiger partial charge is 0.457 e. The Balaban J connectivity index is 2.18. The predicted octanol–water partition coefficient (Wildman–Crippen LogP) is 2.80. The van der Waals surface area contributed by atoms with Crippen molar-refractivity contribution in [2.45, 2.75) is 39.7 Å². The zero-order valence-electron chi connectivity index (χ0n) is 14.4. The van der Waals surface area contributed by atoms with Crippen molar-refractivity contribution in [3.8, 4) is 0 Å². The second kappa shape index (κ2) is 6.86. The molecule has 1 aliphatic heterocycles. The van der Waals surface area contributed by atoms with Crippen molar-refractivity contribution in [1.29, 1.82) is 0 Å². The first-order valence-corrected chi connectivity index (χ1v) is 7.79. The number of imide groups is 1. The summed E-state index contributed by atoms with van der Waals surface area (Å²) in [6.07, 6.45) is 3.27. The quantitative estimate of drug-likeness (QED) is 0.683. The lowest BCUT2D eigenvalue weighted by molar-refractivity contribution is -0.148. The van der Waals surface area contributed by atoms with Gasteiger partial charge >= 0.3 is 12.0 Å². The Kier molecular flexibility index (Phi) is 5.07. The molecule has 1 heterocycles. The number of hydrogen-bond donors (Lipinski definition) is 1. The highest BCUT2D eigenvalue weighted by Crippen LogP contribution is 2.24. The topological polar surface area (TPSA) is 75.7 Å². The van der Waals surface area contributed by atoms with Gasteiger partial charge < -0.3 is 4.74 Å². The monoisotopic (exact) mass is 330 g/mol. The summed E-state index contributed by atoms with van der Waals surface area (Å²) in [4.78, 5) is 36.5. The van der Waals surface area contributed by atoms with Crippen molar-refractivity contribution < 1.29 is 19.1 Å². The summed E-state index contributed by atoms with van der Waals surface area (Å²) >= 11 is 0. The molecule has 2 rings (SSSR count). The van der Waals surface area contributed by atoms with E-state index in [2.05, 4.69) is 5.32 Å². The van der Waals surface area contributed by atoms with Crippen molar-refractivity contribution in [2.24, 2.45) is 0 Å². The highest BCUT2D eigenvalue weighted by atomic mass is 16.6. The predicted molar refractivity (Wildman–Crippen MR) is 91.6 cm³/mol. The number of amides is 3. The van der Waals surface area contributed by atoms with Crippen molar-refractivity contribution in [2.75, 3.05) is 11.4 Å². The number of benzene rings is 1. The molecule has 0 aromatic heterocycles. The summed E-state index contributed by atoms with van der Waals surface area (Å²) in [5, 5.41) is 2.31. The lowest BCUT2D eigenvalue weighted by Crippen LogP contribution is -2.49. The average Bonchev–Trinajstić information content (AvgIpc) is 2.45. The van der Waals surface area contributed by atoms with Gasteiger partial charge in [-0.05, 0) is 51.0 Å². The van der Waals surface area contributed by atoms with Gasteiger partial charge in [-0.1, -0.05) is 12.1 Å². The van der Waals surface area contributed by atoms with Gasteiger partial charge in [0, 0.05) is 24.7 Å². The number of ether oxygens (including phenoxy) is 1. The van der Waals surface area contributed by atoms with Crippen LogP contribution in [0.15, 0.2) is 24.3 Å². The highest BCUT2D eigenvalue weighted by molar-refractivity contribution is 6.06. The molecule has 6 heteroatoms. The second-order valence-corrected chi connectivity index (χ2v) is 6.67. The minimum Gasteiger partial charge on any atom is -0.457 e. The number of hydrogen-bond acceptors (Lipinski definition) is 4. The van der Waals surface area contributed by atoms with Crippen LogP contribution in [0.25, 0.3) is 6.08 Å². The third-order valence-electron chi connectivity index (χ3n) is 3.40. The Morgan fingerprint density at radius 1 is 1.29 bits per heavy atom. The van der Waals surface area contributed by atoms with Crippen LogP contribution in [0.1, 0.15) is 38.3 Å². The maximum absolute atomic E-state index is 12.0. The van der Waals surface area contributed by atoms with E-state index in [4.69, 9.17) is 4.74 Å². The number of carbonyl (C=O) groups is 3. The number of anilines is 1. The zero-order chi connectivity index (χ0) is 17.9. The fourth-order valence-corrected chi connectivity index (χ4v) is 2.31. The van der Waals surface area contributed by atoms with E-state index < -0.39 is 17.6 Å². The molecule has 0 aliphatic carbocycles. The van der Waals surface area contributed by atoms with Crippen LogP contribution in [-0.2, 0) is 14.3 Å². The van der Waals surface area contributed by atoms with Crippen LogP contribution in [0.3, 0.4) is 0 Å². The van der Waals surface area contributed by atoms with Gasteiger partial charge in [0.05, 0.1) is 0 Å². The first-order chi connectivity index (χ1) is 11.2. The van der Waals surface area contributed by atoms with E-state index in [-0.39, 0.29) is 12.3 Å². The summed E-state index contributed by atoms with van der Waals surface area (Å²) in [5.41, 5.74) is 1.85. The van der Waals surface area contributed by atoms with Gasteiger partial charge in [0.25, 0.3) is 0 Å². The van der Waals surface area contributed by atoms with Gasteiger partial charge in [0.2, 0.25) is 5.91 Å². The molecular weight excluding hydrogens is 308 g/mol. The standard InChI is InChI=1S/C18H22N2O4/c1-12-5-6-13(7-8-16(22)24-18(2,3)4)11-14(12)20-10-9-15(21)19-17(20)23/h5-8,11H,9-10H2,1-4H3,(H,19,21,23)/b8-7+. The van der Waals surface area contributed by atoms with Crippen molar-refractivity contribution >= 4 is 29.7 Å². The molecule has 24 heavy (non-hydrogen) atoms. The van der Waals surface area contributed by atoms with Gasteiger partial charge in [-0.2, -0.15) is 0 Å². The smallest absolute Gasteiger partial charge is 0.331 e. The van der Waals surface area contributed by atoms with Gasteiger partial charge in [-0.15, -0.1) is 0 Å². The Bertz CT molecular complexity index is 701. The van der Waals surface area contributed by atoms with Crippen LogP contribution >= 0.6 is 0 Å².